The minimum absolute atomic E-state index is 0.155. The topological polar surface area (TPSA) is 63.6 Å². The molecule has 0 aliphatic heterocycles. The molecular weight excluding hydrogens is 192 g/mol. The van der Waals surface area contributed by atoms with Crippen molar-refractivity contribution in [3.8, 4) is 5.75 Å². The average molecular weight is 206 g/mol. The summed E-state index contributed by atoms with van der Waals surface area (Å²) in [6.45, 7) is 1.65. The van der Waals surface area contributed by atoms with Crippen LogP contribution in [0.1, 0.15) is 18.0 Å². The van der Waals surface area contributed by atoms with E-state index in [1.165, 1.54) is 0 Å². The van der Waals surface area contributed by atoms with E-state index < -0.39 is 28.2 Å². The molecule has 72 valence electrons. The lowest BCUT2D eigenvalue weighted by molar-refractivity contribution is 0.387. The molecule has 1 aromatic carbocycles. The summed E-state index contributed by atoms with van der Waals surface area (Å²) in [4.78, 5) is 0. The molecule has 0 heterocycles. The van der Waals surface area contributed by atoms with Crippen molar-refractivity contribution in [3.63, 3.8) is 0 Å². The Balaban J connectivity index is 3.53. The molecule has 0 bridgehead atoms. The van der Waals surface area contributed by atoms with Crippen molar-refractivity contribution < 1.29 is 22.6 Å². The largest absolute Gasteiger partial charge is 0.446 e. The first kappa shape index (κ1) is 5.62. The van der Waals surface area contributed by atoms with Gasteiger partial charge in [-0.3, -0.25) is 4.55 Å². The Morgan fingerprint density at radius 2 is 2.00 bits per heavy atom. The fourth-order valence-corrected chi connectivity index (χ4v) is 0.945. The Bertz CT molecular complexity index is 526. The zero-order valence-electron chi connectivity index (χ0n) is 10.8. The average Bonchev–Trinajstić information content (AvgIpc) is 2.21. The molecule has 0 saturated heterocycles. The van der Waals surface area contributed by atoms with Crippen molar-refractivity contribution in [2.45, 2.75) is 13.3 Å². The summed E-state index contributed by atoms with van der Waals surface area (Å²) in [5, 5.41) is 0. The zero-order chi connectivity index (χ0) is 13.4. The van der Waals surface area contributed by atoms with Gasteiger partial charge in [0.15, 0.2) is 0 Å². The van der Waals surface area contributed by atoms with Gasteiger partial charge in [0.05, 0.1) is 5.48 Å². The van der Waals surface area contributed by atoms with E-state index in [-0.39, 0.29) is 24.1 Å². The Labute approximate surface area is 82.7 Å². The molecule has 0 aromatic heterocycles. The molecule has 0 fully saturated rings. The fraction of sp³-hybridized carbons (Fsp3) is 0.250. The molecule has 0 saturated carbocycles. The van der Waals surface area contributed by atoms with Gasteiger partial charge in [0, 0.05) is 0 Å². The van der Waals surface area contributed by atoms with Gasteiger partial charge in [0.2, 0.25) is 0 Å². The van der Waals surface area contributed by atoms with E-state index in [0.717, 1.165) is 0 Å². The lowest BCUT2D eigenvalue weighted by Crippen LogP contribution is -2.06. The van der Waals surface area contributed by atoms with Gasteiger partial charge >= 0.3 is 10.4 Å². The third-order valence-electron chi connectivity index (χ3n) is 1.20. The first-order chi connectivity index (χ1) is 7.69. The van der Waals surface area contributed by atoms with Gasteiger partial charge in [0.1, 0.15) is 5.75 Å². The molecule has 0 spiro atoms. The molecule has 4 nitrogen and oxygen atoms in total. The van der Waals surface area contributed by atoms with Gasteiger partial charge < -0.3 is 4.18 Å². The van der Waals surface area contributed by atoms with Crippen LogP contribution in [0.2, 0.25) is 0 Å². The second-order valence-electron chi connectivity index (χ2n) is 2.17. The van der Waals surface area contributed by atoms with Crippen LogP contribution in [0.3, 0.4) is 0 Å². The number of rotatable bonds is 3. The zero-order valence-corrected chi connectivity index (χ0v) is 7.60. The van der Waals surface area contributed by atoms with Crippen molar-refractivity contribution in [1.29, 1.82) is 0 Å². The molecule has 0 aliphatic carbocycles. The highest BCUT2D eigenvalue weighted by molar-refractivity contribution is 7.81. The van der Waals surface area contributed by atoms with E-state index in [1.807, 2.05) is 0 Å². The molecule has 5 heteroatoms. The number of benzene rings is 1. The second kappa shape index (κ2) is 3.76. The monoisotopic (exact) mass is 206 g/mol. The van der Waals surface area contributed by atoms with E-state index in [2.05, 4.69) is 4.18 Å². The van der Waals surface area contributed by atoms with E-state index in [9.17, 15) is 8.42 Å². The molecule has 13 heavy (non-hydrogen) atoms. The third kappa shape index (κ3) is 3.43. The van der Waals surface area contributed by atoms with Crippen LogP contribution >= 0.6 is 0 Å². The van der Waals surface area contributed by atoms with E-state index in [0.29, 0.717) is 0 Å². The van der Waals surface area contributed by atoms with E-state index in [1.54, 1.807) is 6.92 Å². The summed E-state index contributed by atoms with van der Waals surface area (Å²) in [5.74, 6) is -0.806. The summed E-state index contributed by atoms with van der Waals surface area (Å²) in [6.07, 6.45) is 0.265. The Morgan fingerprint density at radius 3 is 2.38 bits per heavy atom. The highest BCUT2D eigenvalue weighted by atomic mass is 32.3. The lowest BCUT2D eigenvalue weighted by atomic mass is 10.2. The van der Waals surface area contributed by atoms with E-state index >= 15 is 0 Å². The number of hydrogen-bond acceptors (Lipinski definition) is 3. The van der Waals surface area contributed by atoms with Gasteiger partial charge in [0.25, 0.3) is 0 Å². The predicted octanol–water partition coefficient (Wildman–Crippen LogP) is 1.43. The van der Waals surface area contributed by atoms with Gasteiger partial charge in [-0.2, -0.15) is 8.42 Å². The smallest absolute Gasteiger partial charge is 0.362 e. The highest BCUT2D eigenvalue weighted by Gasteiger charge is 2.05. The van der Waals surface area contributed by atoms with Gasteiger partial charge in [-0.25, -0.2) is 0 Å². The highest BCUT2D eigenvalue weighted by Crippen LogP contribution is 2.13. The van der Waals surface area contributed by atoms with Crippen molar-refractivity contribution >= 4 is 10.4 Å². The van der Waals surface area contributed by atoms with Crippen LogP contribution in [-0.4, -0.2) is 13.0 Å². The molecule has 1 aromatic rings. The first-order valence-electron chi connectivity index (χ1n) is 5.45. The van der Waals surface area contributed by atoms with Crippen LogP contribution < -0.4 is 4.18 Å². The maximum Gasteiger partial charge on any atom is 0.446 e. The van der Waals surface area contributed by atoms with Crippen LogP contribution in [0.25, 0.3) is 0 Å². The van der Waals surface area contributed by atoms with Gasteiger partial charge in [-0.15, -0.1) is 0 Å². The molecule has 1 rings (SSSR count). The lowest BCUT2D eigenvalue weighted by Gasteiger charge is -2.01. The molecule has 0 aliphatic rings. The van der Waals surface area contributed by atoms with Crippen LogP contribution in [-0.2, 0) is 16.8 Å². The quantitative estimate of drug-likeness (QED) is 0.760. The Hall–Kier alpha value is -1.07. The third-order valence-corrected chi connectivity index (χ3v) is 1.57. The van der Waals surface area contributed by atoms with Crippen LogP contribution in [0, 0.1) is 0 Å². The van der Waals surface area contributed by atoms with Crippen molar-refractivity contribution in [1.82, 2.24) is 0 Å². The first-order valence-corrected chi connectivity index (χ1v) is 4.81. The molecule has 0 atom stereocenters. The molecule has 0 unspecified atom stereocenters. The van der Waals surface area contributed by atoms with Crippen molar-refractivity contribution in [3.05, 3.63) is 29.7 Å². The Morgan fingerprint density at radius 1 is 1.46 bits per heavy atom. The van der Waals surface area contributed by atoms with Crippen LogP contribution in [0.15, 0.2) is 24.2 Å². The minimum atomic E-state index is -4.88. The van der Waals surface area contributed by atoms with Gasteiger partial charge in [-0.05, 0) is 24.1 Å². The van der Waals surface area contributed by atoms with Crippen molar-refractivity contribution in [2.24, 2.45) is 0 Å². The maximum atomic E-state index is 10.5. The van der Waals surface area contributed by atoms with Crippen LogP contribution in [0.4, 0.5) is 0 Å². The molecular formula is C8H10O4S. The molecule has 0 amide bonds. The summed E-state index contributed by atoms with van der Waals surface area (Å²) in [7, 11) is -4.88. The molecule has 0 radical (unpaired) electrons. The second-order valence-corrected chi connectivity index (χ2v) is 3.19. The van der Waals surface area contributed by atoms with Crippen LogP contribution in [0.5, 0.6) is 5.75 Å². The Kier molecular flexibility index (Phi) is 1.62. The van der Waals surface area contributed by atoms with E-state index in [4.69, 9.17) is 10.0 Å². The summed E-state index contributed by atoms with van der Waals surface area (Å²) in [6, 6.07) is -2.04. The minimum Gasteiger partial charge on any atom is -0.362 e. The maximum absolute atomic E-state index is 10.5. The SMILES string of the molecule is [2H]c1c([2H])c(OS(=O)(=O)O)c([2H])c([2H])c1CC. The summed E-state index contributed by atoms with van der Waals surface area (Å²) < 4.78 is 63.6. The summed E-state index contributed by atoms with van der Waals surface area (Å²) in [5.41, 5.74) is 0.155. The van der Waals surface area contributed by atoms with Crippen molar-refractivity contribution in [2.75, 3.05) is 0 Å². The predicted molar refractivity (Wildman–Crippen MR) is 48.0 cm³/mol. The fourth-order valence-electron chi connectivity index (χ4n) is 0.651. The standard InChI is InChI=1S/C8H10O4S/c1-2-7-3-5-8(6-4-7)12-13(9,10)11/h3-6H,2H2,1H3,(H,9,10,11)/i3D,4D,5D,6D. The van der Waals surface area contributed by atoms with Gasteiger partial charge in [-0.1, -0.05) is 19.0 Å². The summed E-state index contributed by atoms with van der Waals surface area (Å²) >= 11 is 0. The number of hydrogen-bond donors (Lipinski definition) is 1. The normalized spacial score (nSPS) is 15.5. The molecule has 1 N–H and O–H groups in total.